The van der Waals surface area contributed by atoms with E-state index in [1.165, 1.54) is 24.0 Å². The van der Waals surface area contributed by atoms with E-state index in [0.29, 0.717) is 5.69 Å². The Kier molecular flexibility index (Phi) is 4.74. The van der Waals surface area contributed by atoms with Crippen LogP contribution >= 0.6 is 0 Å². The Morgan fingerprint density at radius 1 is 1.50 bits per heavy atom. The van der Waals surface area contributed by atoms with E-state index >= 15 is 0 Å². The molecule has 0 fully saturated rings. The van der Waals surface area contributed by atoms with Crippen molar-refractivity contribution in [2.75, 3.05) is 0 Å². The minimum Gasteiger partial charge on any atom is -0.481 e. The number of carbonyl (C=O) groups is 2. The van der Waals surface area contributed by atoms with Gasteiger partial charge in [-0.15, -0.1) is 0 Å². The lowest BCUT2D eigenvalue weighted by molar-refractivity contribution is -0.174. The van der Waals surface area contributed by atoms with Crippen LogP contribution in [0.2, 0.25) is 0 Å². The van der Waals surface area contributed by atoms with E-state index in [-0.39, 0.29) is 0 Å². The van der Waals surface area contributed by atoms with Crippen LogP contribution in [0.5, 0.6) is 0 Å². The van der Waals surface area contributed by atoms with E-state index in [1.807, 2.05) is 0 Å². The zero-order chi connectivity index (χ0) is 15.5. The Morgan fingerprint density at radius 2 is 2.10 bits per heavy atom. The monoisotopic (exact) mass is 293 g/mol. The molecule has 1 heterocycles. The number of carboxylic acids is 1. The average molecular weight is 293 g/mol. The molecule has 1 aromatic rings. The van der Waals surface area contributed by atoms with Gasteiger partial charge < -0.3 is 15.0 Å². The number of aromatic nitrogens is 2. The largest absolute Gasteiger partial charge is 0.481 e. The molecule has 1 rings (SSSR count). The second-order valence-electron chi connectivity index (χ2n) is 4.39. The fourth-order valence-corrected chi connectivity index (χ4v) is 1.84. The fourth-order valence-electron chi connectivity index (χ4n) is 1.84. The highest BCUT2D eigenvalue weighted by atomic mass is 19.4. The predicted molar refractivity (Wildman–Crippen MR) is 61.9 cm³/mol. The Balaban J connectivity index is 2.92. The Hall–Kier alpha value is -2.06. The van der Waals surface area contributed by atoms with E-state index < -0.39 is 36.4 Å². The highest BCUT2D eigenvalue weighted by Crippen LogP contribution is 2.24. The molecule has 0 saturated carbocycles. The standard InChI is InChI=1S/C11H14F3N3O3/c1-6(16-10(20)11(12,13)14)7(3-9(18)19)8-4-15-5-17(8)2/h4-7H,3H2,1-2H3,(H,16,20)(H,18,19). The molecular formula is C11H14F3N3O3. The van der Waals surface area contributed by atoms with Gasteiger partial charge in [0.2, 0.25) is 0 Å². The van der Waals surface area contributed by atoms with E-state index in [9.17, 15) is 22.8 Å². The molecule has 0 aliphatic heterocycles. The van der Waals surface area contributed by atoms with Crippen LogP contribution in [0.15, 0.2) is 12.5 Å². The summed E-state index contributed by atoms with van der Waals surface area (Å²) in [6.07, 6.45) is -2.65. The third kappa shape index (κ3) is 3.97. The first-order valence-corrected chi connectivity index (χ1v) is 5.68. The molecule has 0 aliphatic carbocycles. The number of rotatable bonds is 5. The number of aliphatic carboxylic acids is 1. The van der Waals surface area contributed by atoms with Gasteiger partial charge in [0.15, 0.2) is 0 Å². The molecule has 2 atom stereocenters. The molecular weight excluding hydrogens is 279 g/mol. The van der Waals surface area contributed by atoms with Gasteiger partial charge in [-0.3, -0.25) is 9.59 Å². The molecule has 0 aromatic carbocycles. The number of imidazole rings is 1. The molecule has 0 saturated heterocycles. The van der Waals surface area contributed by atoms with Crippen molar-refractivity contribution in [3.05, 3.63) is 18.2 Å². The van der Waals surface area contributed by atoms with Gasteiger partial charge in [0.1, 0.15) is 0 Å². The maximum absolute atomic E-state index is 12.2. The SMILES string of the molecule is CC(NC(=O)C(F)(F)F)C(CC(=O)O)c1cncn1C. The van der Waals surface area contributed by atoms with Crippen LogP contribution in [0, 0.1) is 0 Å². The summed E-state index contributed by atoms with van der Waals surface area (Å²) >= 11 is 0. The lowest BCUT2D eigenvalue weighted by atomic mass is 9.94. The summed E-state index contributed by atoms with van der Waals surface area (Å²) in [4.78, 5) is 25.5. The number of aryl methyl sites for hydroxylation is 1. The van der Waals surface area contributed by atoms with Crippen molar-refractivity contribution in [2.45, 2.75) is 31.5 Å². The van der Waals surface area contributed by atoms with Crippen LogP contribution in [0.1, 0.15) is 25.0 Å². The van der Waals surface area contributed by atoms with Crippen molar-refractivity contribution in [1.82, 2.24) is 14.9 Å². The number of hydrogen-bond donors (Lipinski definition) is 2. The van der Waals surface area contributed by atoms with Crippen molar-refractivity contribution in [3.63, 3.8) is 0 Å². The van der Waals surface area contributed by atoms with Crippen molar-refractivity contribution in [1.29, 1.82) is 0 Å². The first-order valence-electron chi connectivity index (χ1n) is 5.68. The molecule has 9 heteroatoms. The molecule has 6 nitrogen and oxygen atoms in total. The van der Waals surface area contributed by atoms with Crippen molar-refractivity contribution in [3.8, 4) is 0 Å². The Labute approximate surface area is 112 Å². The number of halogens is 3. The normalized spacial score (nSPS) is 14.7. The quantitative estimate of drug-likeness (QED) is 0.849. The molecule has 1 amide bonds. The highest BCUT2D eigenvalue weighted by Gasteiger charge is 2.40. The molecule has 2 unspecified atom stereocenters. The van der Waals surface area contributed by atoms with Crippen LogP contribution in [0.4, 0.5) is 13.2 Å². The highest BCUT2D eigenvalue weighted by molar-refractivity contribution is 5.82. The summed E-state index contributed by atoms with van der Waals surface area (Å²) in [6, 6.07) is -1.00. The van der Waals surface area contributed by atoms with Gasteiger partial charge in [0.05, 0.1) is 12.7 Å². The minimum atomic E-state index is -5.01. The molecule has 1 aromatic heterocycles. The summed E-state index contributed by atoms with van der Waals surface area (Å²) in [6.45, 7) is 1.32. The smallest absolute Gasteiger partial charge is 0.471 e. The third-order valence-electron chi connectivity index (χ3n) is 2.85. The number of amides is 1. The van der Waals surface area contributed by atoms with Crippen LogP contribution in [-0.2, 0) is 16.6 Å². The Bertz CT molecular complexity index is 499. The number of carboxylic acid groups (broad SMARTS) is 1. The molecule has 0 bridgehead atoms. The van der Waals surface area contributed by atoms with Crippen LogP contribution in [-0.4, -0.2) is 38.8 Å². The van der Waals surface area contributed by atoms with Crippen molar-refractivity contribution < 1.29 is 27.9 Å². The number of alkyl halides is 3. The summed E-state index contributed by atoms with van der Waals surface area (Å²) in [5.74, 6) is -4.09. The zero-order valence-corrected chi connectivity index (χ0v) is 10.8. The summed E-state index contributed by atoms with van der Waals surface area (Å²) in [5, 5.41) is 10.6. The van der Waals surface area contributed by atoms with Gasteiger partial charge in [-0.25, -0.2) is 4.98 Å². The van der Waals surface area contributed by atoms with E-state index in [0.717, 1.165) is 0 Å². The predicted octanol–water partition coefficient (Wildman–Crippen LogP) is 1.05. The van der Waals surface area contributed by atoms with Gasteiger partial charge in [0.25, 0.3) is 0 Å². The number of nitrogens with zero attached hydrogens (tertiary/aromatic N) is 2. The maximum Gasteiger partial charge on any atom is 0.471 e. The summed E-state index contributed by atoms with van der Waals surface area (Å²) in [5.41, 5.74) is 0.433. The van der Waals surface area contributed by atoms with Crippen LogP contribution in [0.25, 0.3) is 0 Å². The van der Waals surface area contributed by atoms with Crippen LogP contribution < -0.4 is 5.32 Å². The molecule has 112 valence electrons. The summed E-state index contributed by atoms with van der Waals surface area (Å²) in [7, 11) is 1.59. The molecule has 0 aliphatic rings. The number of hydrogen-bond acceptors (Lipinski definition) is 3. The van der Waals surface area contributed by atoms with Gasteiger partial charge in [-0.05, 0) is 6.92 Å². The minimum absolute atomic E-state index is 0.418. The second kappa shape index (κ2) is 5.93. The van der Waals surface area contributed by atoms with E-state index in [2.05, 4.69) is 4.98 Å². The Morgan fingerprint density at radius 3 is 2.50 bits per heavy atom. The van der Waals surface area contributed by atoms with E-state index in [1.54, 1.807) is 12.4 Å². The number of carbonyl (C=O) groups excluding carboxylic acids is 1. The van der Waals surface area contributed by atoms with Gasteiger partial charge >= 0.3 is 18.1 Å². The van der Waals surface area contributed by atoms with Gasteiger partial charge in [-0.1, -0.05) is 0 Å². The fraction of sp³-hybridized carbons (Fsp3) is 0.545. The molecule has 2 N–H and O–H groups in total. The van der Waals surface area contributed by atoms with E-state index in [4.69, 9.17) is 5.11 Å². The molecule has 0 radical (unpaired) electrons. The van der Waals surface area contributed by atoms with Crippen molar-refractivity contribution >= 4 is 11.9 Å². The first kappa shape index (κ1) is 16.0. The first-order chi connectivity index (χ1) is 9.12. The molecule has 0 spiro atoms. The molecule has 20 heavy (non-hydrogen) atoms. The maximum atomic E-state index is 12.2. The number of nitrogens with one attached hydrogen (secondary N) is 1. The van der Waals surface area contributed by atoms with Crippen molar-refractivity contribution in [2.24, 2.45) is 7.05 Å². The van der Waals surface area contributed by atoms with Crippen LogP contribution in [0.3, 0.4) is 0 Å². The lowest BCUT2D eigenvalue weighted by Crippen LogP contribution is -2.45. The van der Waals surface area contributed by atoms with Gasteiger partial charge in [0, 0.05) is 30.9 Å². The zero-order valence-electron chi connectivity index (χ0n) is 10.8. The summed E-state index contributed by atoms with van der Waals surface area (Å²) < 4.78 is 38.1. The van der Waals surface area contributed by atoms with Gasteiger partial charge in [-0.2, -0.15) is 13.2 Å². The third-order valence-corrected chi connectivity index (χ3v) is 2.85. The topological polar surface area (TPSA) is 84.2 Å². The second-order valence-corrected chi connectivity index (χ2v) is 4.39. The lowest BCUT2D eigenvalue weighted by Gasteiger charge is -2.24. The average Bonchev–Trinajstić information content (AvgIpc) is 2.70.